The number of carbonyl (C=O) groups excluding carboxylic acids is 1. The molecule has 1 aromatic rings. The number of hydrogen-bond donors (Lipinski definition) is 1. The quantitative estimate of drug-likeness (QED) is 0.579. The minimum atomic E-state index is -0.120. The normalized spacial score (nSPS) is 10.7. The van der Waals surface area contributed by atoms with Crippen molar-refractivity contribution in [1.29, 1.82) is 0 Å². The number of aliphatic hydroxyl groups is 1. The Bertz CT molecular complexity index is 391. The third-order valence-corrected chi connectivity index (χ3v) is 2.67. The lowest BCUT2D eigenvalue weighted by Crippen LogP contribution is -2.09. The topological polar surface area (TPSA) is 59.4 Å². The number of esters is 1. The van der Waals surface area contributed by atoms with E-state index in [0.717, 1.165) is 25.0 Å². The van der Waals surface area contributed by atoms with Crippen LogP contribution in [0.4, 0.5) is 0 Å². The van der Waals surface area contributed by atoms with E-state index >= 15 is 0 Å². The number of unbranched alkanes of at least 4 members (excludes halogenated alkanes) is 1. The third-order valence-electron chi connectivity index (χ3n) is 2.67. The highest BCUT2D eigenvalue weighted by molar-refractivity contribution is 5.69. The summed E-state index contributed by atoms with van der Waals surface area (Å²) in [6.45, 7) is 4.51. The second-order valence-corrected chi connectivity index (χ2v) is 5.06. The molecule has 4 heteroatoms. The monoisotopic (exact) mass is 265 g/mol. The summed E-state index contributed by atoms with van der Waals surface area (Å²) in [7, 11) is 0. The Morgan fingerprint density at radius 3 is 2.74 bits per heavy atom. The Morgan fingerprint density at radius 1 is 1.32 bits per heavy atom. The zero-order valence-corrected chi connectivity index (χ0v) is 11.8. The molecule has 0 atom stereocenters. The highest BCUT2D eigenvalue weighted by Gasteiger charge is 2.04. The van der Waals surface area contributed by atoms with E-state index in [1.807, 2.05) is 26.0 Å². The van der Waals surface area contributed by atoms with Gasteiger partial charge in [0.25, 0.3) is 0 Å². The van der Waals surface area contributed by atoms with Gasteiger partial charge in [-0.2, -0.15) is 0 Å². The van der Waals surface area contributed by atoms with E-state index in [2.05, 4.69) is 4.98 Å². The summed E-state index contributed by atoms with van der Waals surface area (Å²) in [5.74, 6) is 0.264. The van der Waals surface area contributed by atoms with Gasteiger partial charge < -0.3 is 9.84 Å². The minimum Gasteiger partial charge on any atom is -0.465 e. The molecule has 0 saturated heterocycles. The average molecular weight is 265 g/mol. The fourth-order valence-electron chi connectivity index (χ4n) is 1.66. The smallest absolute Gasteiger partial charge is 0.305 e. The van der Waals surface area contributed by atoms with Gasteiger partial charge in [0, 0.05) is 12.1 Å². The molecule has 0 bridgehead atoms. The van der Waals surface area contributed by atoms with E-state index in [1.54, 1.807) is 6.07 Å². The SMILES string of the molecule is CC(C)COC(=O)CCCCc1cccc(CO)n1. The largest absolute Gasteiger partial charge is 0.465 e. The van der Waals surface area contributed by atoms with Crippen LogP contribution in [0, 0.1) is 5.92 Å². The maximum absolute atomic E-state index is 11.4. The van der Waals surface area contributed by atoms with Crippen LogP contribution in [-0.4, -0.2) is 22.7 Å². The number of hydrogen-bond acceptors (Lipinski definition) is 4. The van der Waals surface area contributed by atoms with Crippen LogP contribution in [-0.2, 0) is 22.6 Å². The highest BCUT2D eigenvalue weighted by Crippen LogP contribution is 2.07. The zero-order valence-electron chi connectivity index (χ0n) is 11.8. The number of aliphatic hydroxyl groups excluding tert-OH is 1. The average Bonchev–Trinajstić information content (AvgIpc) is 2.41. The molecule has 1 rings (SSSR count). The molecule has 0 saturated carbocycles. The van der Waals surface area contributed by atoms with Crippen LogP contribution in [0.1, 0.15) is 44.5 Å². The van der Waals surface area contributed by atoms with Crippen LogP contribution < -0.4 is 0 Å². The second kappa shape index (κ2) is 8.64. The Balaban J connectivity index is 2.18. The van der Waals surface area contributed by atoms with Crippen molar-refractivity contribution in [2.45, 2.75) is 46.1 Å². The van der Waals surface area contributed by atoms with E-state index in [-0.39, 0.29) is 12.6 Å². The van der Waals surface area contributed by atoms with Gasteiger partial charge >= 0.3 is 5.97 Å². The van der Waals surface area contributed by atoms with Crippen molar-refractivity contribution in [2.75, 3.05) is 6.61 Å². The van der Waals surface area contributed by atoms with Crippen molar-refractivity contribution in [3.63, 3.8) is 0 Å². The Kier molecular flexibility index (Phi) is 7.11. The van der Waals surface area contributed by atoms with Gasteiger partial charge in [-0.05, 0) is 37.3 Å². The first-order valence-electron chi connectivity index (χ1n) is 6.83. The summed E-state index contributed by atoms with van der Waals surface area (Å²) in [4.78, 5) is 15.7. The number of ether oxygens (including phenoxy) is 1. The number of carbonyl (C=O) groups is 1. The molecule has 1 N–H and O–H groups in total. The van der Waals surface area contributed by atoms with Gasteiger partial charge in [0.1, 0.15) is 0 Å². The first kappa shape index (κ1) is 15.6. The second-order valence-electron chi connectivity index (χ2n) is 5.06. The number of nitrogens with zero attached hydrogens (tertiary/aromatic N) is 1. The van der Waals surface area contributed by atoms with Gasteiger partial charge in [-0.25, -0.2) is 0 Å². The molecule has 0 radical (unpaired) electrons. The zero-order chi connectivity index (χ0) is 14.1. The summed E-state index contributed by atoms with van der Waals surface area (Å²) in [5.41, 5.74) is 1.65. The molecule has 0 spiro atoms. The molecule has 19 heavy (non-hydrogen) atoms. The van der Waals surface area contributed by atoms with Gasteiger partial charge in [-0.1, -0.05) is 19.9 Å². The molecule has 0 fully saturated rings. The molecule has 4 nitrogen and oxygen atoms in total. The van der Waals surface area contributed by atoms with Crippen LogP contribution in [0.25, 0.3) is 0 Å². The molecule has 0 aromatic carbocycles. The van der Waals surface area contributed by atoms with Gasteiger partial charge in [-0.3, -0.25) is 9.78 Å². The molecule has 0 aliphatic carbocycles. The molecule has 1 heterocycles. The van der Waals surface area contributed by atoms with E-state index < -0.39 is 0 Å². The minimum absolute atomic E-state index is 0.0324. The van der Waals surface area contributed by atoms with E-state index in [9.17, 15) is 4.79 Å². The number of rotatable bonds is 8. The van der Waals surface area contributed by atoms with Crippen molar-refractivity contribution in [3.05, 3.63) is 29.6 Å². The highest BCUT2D eigenvalue weighted by atomic mass is 16.5. The van der Waals surface area contributed by atoms with Crippen LogP contribution >= 0.6 is 0 Å². The van der Waals surface area contributed by atoms with E-state index in [1.165, 1.54) is 0 Å². The summed E-state index contributed by atoms with van der Waals surface area (Å²) in [6, 6.07) is 5.63. The van der Waals surface area contributed by atoms with Crippen molar-refractivity contribution >= 4 is 5.97 Å². The third kappa shape index (κ3) is 6.91. The van der Waals surface area contributed by atoms with Crippen molar-refractivity contribution in [2.24, 2.45) is 5.92 Å². The summed E-state index contributed by atoms with van der Waals surface area (Å²) >= 11 is 0. The number of aromatic nitrogens is 1. The van der Waals surface area contributed by atoms with Crippen LogP contribution in [0.15, 0.2) is 18.2 Å². The Hall–Kier alpha value is -1.42. The Morgan fingerprint density at radius 2 is 2.05 bits per heavy atom. The lowest BCUT2D eigenvalue weighted by atomic mass is 10.1. The maximum atomic E-state index is 11.4. The molecular weight excluding hydrogens is 242 g/mol. The predicted octanol–water partition coefficient (Wildman–Crippen LogP) is 2.49. The fraction of sp³-hybridized carbons (Fsp3) is 0.600. The molecule has 0 aliphatic rings. The molecule has 1 aromatic heterocycles. The first-order valence-corrected chi connectivity index (χ1v) is 6.83. The number of aryl methyl sites for hydroxylation is 1. The van der Waals surface area contributed by atoms with E-state index in [0.29, 0.717) is 24.6 Å². The fourth-order valence-corrected chi connectivity index (χ4v) is 1.66. The van der Waals surface area contributed by atoms with Gasteiger partial charge in [-0.15, -0.1) is 0 Å². The summed E-state index contributed by atoms with van der Waals surface area (Å²) in [5, 5.41) is 8.99. The first-order chi connectivity index (χ1) is 9.11. The van der Waals surface area contributed by atoms with Crippen LogP contribution in [0.5, 0.6) is 0 Å². The molecular formula is C15H23NO3. The Labute approximate surface area is 114 Å². The predicted molar refractivity (Wildman–Crippen MR) is 73.5 cm³/mol. The van der Waals surface area contributed by atoms with Crippen LogP contribution in [0.2, 0.25) is 0 Å². The maximum Gasteiger partial charge on any atom is 0.305 e. The van der Waals surface area contributed by atoms with Crippen LogP contribution in [0.3, 0.4) is 0 Å². The van der Waals surface area contributed by atoms with Gasteiger partial charge in [0.15, 0.2) is 0 Å². The van der Waals surface area contributed by atoms with Gasteiger partial charge in [0.05, 0.1) is 18.9 Å². The molecule has 106 valence electrons. The lowest BCUT2D eigenvalue weighted by molar-refractivity contribution is -0.144. The number of pyridine rings is 1. The standard InChI is InChI=1S/C15H23NO3/c1-12(2)11-19-15(18)9-4-3-6-13-7-5-8-14(10-17)16-13/h5,7-8,12,17H,3-4,6,9-11H2,1-2H3. The summed E-state index contributed by atoms with van der Waals surface area (Å²) in [6.07, 6.45) is 3.00. The molecule has 0 amide bonds. The van der Waals surface area contributed by atoms with Gasteiger partial charge in [0.2, 0.25) is 0 Å². The lowest BCUT2D eigenvalue weighted by Gasteiger charge is -2.07. The van der Waals surface area contributed by atoms with Crippen molar-refractivity contribution < 1.29 is 14.6 Å². The van der Waals surface area contributed by atoms with Crippen molar-refractivity contribution in [1.82, 2.24) is 4.98 Å². The molecule has 0 unspecified atom stereocenters. The molecule has 0 aliphatic heterocycles. The summed E-state index contributed by atoms with van der Waals surface area (Å²) < 4.78 is 5.10. The van der Waals surface area contributed by atoms with Crippen molar-refractivity contribution in [3.8, 4) is 0 Å². The van der Waals surface area contributed by atoms with E-state index in [4.69, 9.17) is 9.84 Å².